The van der Waals surface area contributed by atoms with Crippen LogP contribution < -0.4 is 24.6 Å². The highest BCUT2D eigenvalue weighted by Gasteiger charge is 2.34. The molecule has 1 N–H and O–H groups in total. The van der Waals surface area contributed by atoms with Crippen LogP contribution >= 0.6 is 0 Å². The van der Waals surface area contributed by atoms with Gasteiger partial charge in [0.2, 0.25) is 5.91 Å². The fraction of sp³-hybridized carbons (Fsp3) is 0.333. The van der Waals surface area contributed by atoms with E-state index in [0.717, 1.165) is 17.8 Å². The highest BCUT2D eigenvalue weighted by atomic mass is 16.6. The highest BCUT2D eigenvalue weighted by molar-refractivity contribution is 5.99. The van der Waals surface area contributed by atoms with Gasteiger partial charge in [-0.15, -0.1) is 0 Å². The molecular weight excluding hydrogens is 358 g/mol. The quantitative estimate of drug-likeness (QED) is 0.870. The third-order valence-corrected chi connectivity index (χ3v) is 5.42. The summed E-state index contributed by atoms with van der Waals surface area (Å²) in [5.41, 5.74) is 2.89. The number of benzene rings is 2. The summed E-state index contributed by atoms with van der Waals surface area (Å²) in [7, 11) is 0. The van der Waals surface area contributed by atoms with Crippen molar-refractivity contribution in [3.8, 4) is 11.5 Å². The highest BCUT2D eigenvalue weighted by Crippen LogP contribution is 2.35. The first-order valence-corrected chi connectivity index (χ1v) is 9.55. The first-order valence-electron chi connectivity index (χ1n) is 9.55. The molecule has 0 bridgehead atoms. The third kappa shape index (κ3) is 2.93. The number of anilines is 2. The van der Waals surface area contributed by atoms with E-state index in [2.05, 4.69) is 5.32 Å². The number of carbonyl (C=O) groups is 2. The van der Waals surface area contributed by atoms with Crippen molar-refractivity contribution in [1.29, 1.82) is 0 Å². The van der Waals surface area contributed by atoms with Gasteiger partial charge in [0.05, 0.1) is 6.04 Å². The zero-order valence-corrected chi connectivity index (χ0v) is 15.4. The molecule has 0 unspecified atom stereocenters. The Morgan fingerprint density at radius 1 is 1.07 bits per heavy atom. The normalized spacial score (nSPS) is 20.3. The van der Waals surface area contributed by atoms with Crippen LogP contribution in [-0.2, 0) is 11.2 Å². The molecule has 1 fully saturated rings. The van der Waals surface area contributed by atoms with E-state index in [1.165, 1.54) is 5.56 Å². The average Bonchev–Trinajstić information content (AvgIpc) is 3.31. The monoisotopic (exact) mass is 379 g/mol. The Kier molecular flexibility index (Phi) is 4.07. The SMILES string of the molecule is O=C1C[C@H](NC(=O)N2CCc3ccccc32)CN1c1ccc2c(c1)OCCO2. The van der Waals surface area contributed by atoms with E-state index in [1.807, 2.05) is 42.5 Å². The molecule has 0 radical (unpaired) electrons. The average molecular weight is 379 g/mol. The summed E-state index contributed by atoms with van der Waals surface area (Å²) in [6, 6.07) is 13.1. The molecule has 3 heterocycles. The molecule has 3 aliphatic rings. The Hall–Kier alpha value is -3.22. The topological polar surface area (TPSA) is 71.1 Å². The zero-order chi connectivity index (χ0) is 19.1. The van der Waals surface area contributed by atoms with Gasteiger partial charge in [0.1, 0.15) is 13.2 Å². The summed E-state index contributed by atoms with van der Waals surface area (Å²) in [4.78, 5) is 28.7. The van der Waals surface area contributed by atoms with E-state index >= 15 is 0 Å². The number of fused-ring (bicyclic) bond motifs is 2. The number of para-hydroxylation sites is 1. The smallest absolute Gasteiger partial charge is 0.322 e. The minimum Gasteiger partial charge on any atom is -0.486 e. The number of hydrogen-bond acceptors (Lipinski definition) is 4. The molecule has 0 saturated carbocycles. The van der Waals surface area contributed by atoms with E-state index in [1.54, 1.807) is 9.80 Å². The molecule has 3 aliphatic heterocycles. The fourth-order valence-electron chi connectivity index (χ4n) is 4.06. The van der Waals surface area contributed by atoms with Gasteiger partial charge >= 0.3 is 6.03 Å². The Balaban J connectivity index is 1.28. The van der Waals surface area contributed by atoms with Gasteiger partial charge in [-0.3, -0.25) is 9.69 Å². The van der Waals surface area contributed by atoms with Crippen molar-refractivity contribution in [1.82, 2.24) is 5.32 Å². The predicted octanol–water partition coefficient (Wildman–Crippen LogP) is 2.34. The molecule has 0 aliphatic carbocycles. The maximum absolute atomic E-state index is 12.8. The number of urea groups is 1. The van der Waals surface area contributed by atoms with Crippen molar-refractivity contribution in [2.45, 2.75) is 18.9 Å². The van der Waals surface area contributed by atoms with Crippen LogP contribution in [0.2, 0.25) is 0 Å². The van der Waals surface area contributed by atoms with Crippen LogP contribution in [0, 0.1) is 0 Å². The molecule has 28 heavy (non-hydrogen) atoms. The summed E-state index contributed by atoms with van der Waals surface area (Å²) >= 11 is 0. The second kappa shape index (κ2) is 6.74. The van der Waals surface area contributed by atoms with Crippen molar-refractivity contribution in [2.75, 3.05) is 36.1 Å². The minimum absolute atomic E-state index is 0.0104. The van der Waals surface area contributed by atoms with Gasteiger partial charge in [-0.05, 0) is 30.2 Å². The Morgan fingerprint density at radius 3 is 2.79 bits per heavy atom. The molecule has 1 atom stereocenters. The predicted molar refractivity (Wildman–Crippen MR) is 104 cm³/mol. The van der Waals surface area contributed by atoms with Gasteiger partial charge in [-0.1, -0.05) is 18.2 Å². The van der Waals surface area contributed by atoms with Gasteiger partial charge in [0, 0.05) is 37.0 Å². The number of amides is 3. The molecule has 7 heteroatoms. The summed E-state index contributed by atoms with van der Waals surface area (Å²) in [5.74, 6) is 1.33. The van der Waals surface area contributed by atoms with Crippen LogP contribution in [0.4, 0.5) is 16.2 Å². The summed E-state index contributed by atoms with van der Waals surface area (Å²) in [6.45, 7) is 2.14. The van der Waals surface area contributed by atoms with Gasteiger partial charge in [0.25, 0.3) is 0 Å². The molecule has 3 amide bonds. The first-order chi connectivity index (χ1) is 13.7. The van der Waals surface area contributed by atoms with E-state index in [9.17, 15) is 9.59 Å². The minimum atomic E-state index is -0.221. The Bertz CT molecular complexity index is 945. The van der Waals surface area contributed by atoms with Crippen LogP contribution in [0.15, 0.2) is 42.5 Å². The number of carbonyl (C=O) groups excluding carboxylic acids is 2. The number of ether oxygens (including phenoxy) is 2. The molecule has 2 aromatic carbocycles. The van der Waals surface area contributed by atoms with Gasteiger partial charge in [0.15, 0.2) is 11.5 Å². The lowest BCUT2D eigenvalue weighted by atomic mass is 10.2. The maximum Gasteiger partial charge on any atom is 0.322 e. The maximum atomic E-state index is 12.8. The lowest BCUT2D eigenvalue weighted by Gasteiger charge is -2.23. The number of hydrogen-bond donors (Lipinski definition) is 1. The molecule has 0 spiro atoms. The summed E-state index contributed by atoms with van der Waals surface area (Å²) in [5, 5.41) is 3.02. The molecule has 2 aromatic rings. The molecule has 7 nitrogen and oxygen atoms in total. The molecule has 0 aromatic heterocycles. The number of nitrogens with one attached hydrogen (secondary N) is 1. The van der Waals surface area contributed by atoms with Gasteiger partial charge in [-0.25, -0.2) is 4.79 Å². The lowest BCUT2D eigenvalue weighted by molar-refractivity contribution is -0.117. The van der Waals surface area contributed by atoms with Crippen LogP contribution in [0.25, 0.3) is 0 Å². The van der Waals surface area contributed by atoms with Crippen molar-refractivity contribution >= 4 is 23.3 Å². The third-order valence-electron chi connectivity index (χ3n) is 5.42. The van der Waals surface area contributed by atoms with Crippen LogP contribution in [-0.4, -0.2) is 44.3 Å². The zero-order valence-electron chi connectivity index (χ0n) is 15.4. The van der Waals surface area contributed by atoms with E-state index < -0.39 is 0 Å². The number of nitrogens with zero attached hydrogens (tertiary/aromatic N) is 2. The Morgan fingerprint density at radius 2 is 1.89 bits per heavy atom. The van der Waals surface area contributed by atoms with Crippen LogP contribution in [0.1, 0.15) is 12.0 Å². The summed E-state index contributed by atoms with van der Waals surface area (Å²) < 4.78 is 11.1. The fourth-order valence-corrected chi connectivity index (χ4v) is 4.06. The van der Waals surface area contributed by atoms with Crippen molar-refractivity contribution in [3.63, 3.8) is 0 Å². The van der Waals surface area contributed by atoms with Crippen LogP contribution in [0.5, 0.6) is 11.5 Å². The second-order valence-corrected chi connectivity index (χ2v) is 7.21. The molecule has 1 saturated heterocycles. The number of rotatable bonds is 2. The standard InChI is InChI=1S/C21H21N3O4/c25-20-11-15(22-21(26)23-8-7-14-3-1-2-4-17(14)23)13-24(20)16-5-6-18-19(12-16)28-10-9-27-18/h1-6,12,15H,7-11,13H2,(H,22,26)/t15-/m0/s1. The largest absolute Gasteiger partial charge is 0.486 e. The molecular formula is C21H21N3O4. The van der Waals surface area contributed by atoms with Gasteiger partial charge in [-0.2, -0.15) is 0 Å². The molecule has 5 rings (SSSR count). The Labute approximate surface area is 162 Å². The lowest BCUT2D eigenvalue weighted by Crippen LogP contribution is -2.45. The van der Waals surface area contributed by atoms with E-state index in [0.29, 0.717) is 37.8 Å². The van der Waals surface area contributed by atoms with Crippen molar-refractivity contribution in [3.05, 3.63) is 48.0 Å². The molecule has 144 valence electrons. The van der Waals surface area contributed by atoms with E-state index in [4.69, 9.17) is 9.47 Å². The summed E-state index contributed by atoms with van der Waals surface area (Å²) in [6.07, 6.45) is 1.15. The van der Waals surface area contributed by atoms with Crippen molar-refractivity contribution < 1.29 is 19.1 Å². The van der Waals surface area contributed by atoms with Gasteiger partial charge < -0.3 is 19.7 Å². The first kappa shape index (κ1) is 16.9. The van der Waals surface area contributed by atoms with Crippen molar-refractivity contribution in [2.24, 2.45) is 0 Å². The van der Waals surface area contributed by atoms with Crippen LogP contribution in [0.3, 0.4) is 0 Å². The van der Waals surface area contributed by atoms with E-state index in [-0.39, 0.29) is 24.4 Å². The second-order valence-electron chi connectivity index (χ2n) is 7.21.